The molecule has 5 amide bonds. The van der Waals surface area contributed by atoms with Crippen LogP contribution in [0.2, 0.25) is 0 Å². The van der Waals surface area contributed by atoms with Crippen molar-refractivity contribution in [3.63, 3.8) is 0 Å². The van der Waals surface area contributed by atoms with Crippen molar-refractivity contribution >= 4 is 35.5 Å². The van der Waals surface area contributed by atoms with Gasteiger partial charge < -0.3 is 30.9 Å². The molecule has 0 aromatic heterocycles. The molecule has 0 radical (unpaired) electrons. The quantitative estimate of drug-likeness (QED) is 0.355. The Balaban J connectivity index is 2.45. The van der Waals surface area contributed by atoms with Gasteiger partial charge in [0, 0.05) is 19.0 Å². The van der Waals surface area contributed by atoms with Gasteiger partial charge in [-0.15, -0.1) is 0 Å². The third-order valence-electron chi connectivity index (χ3n) is 7.92. The topological polar surface area (TPSA) is 163 Å². The van der Waals surface area contributed by atoms with Crippen LogP contribution in [0.3, 0.4) is 0 Å². The summed E-state index contributed by atoms with van der Waals surface area (Å²) in [4.78, 5) is 80.3. The Bertz CT molecular complexity index is 955. The maximum absolute atomic E-state index is 13.6. The summed E-state index contributed by atoms with van der Waals surface area (Å²) in [6, 6.07) is -3.65. The summed E-state index contributed by atoms with van der Waals surface area (Å²) in [6.45, 7) is 12.7. The van der Waals surface area contributed by atoms with E-state index in [1.807, 2.05) is 20.8 Å². The number of fused-ring (bicyclic) bond motifs is 1. The molecule has 7 unspecified atom stereocenters. The first-order valence-corrected chi connectivity index (χ1v) is 14.5. The van der Waals surface area contributed by atoms with Crippen LogP contribution < -0.4 is 21.3 Å². The molecule has 0 aromatic carbocycles. The van der Waals surface area contributed by atoms with Gasteiger partial charge in [0.2, 0.25) is 23.6 Å². The molecule has 2 heterocycles. The van der Waals surface area contributed by atoms with Crippen molar-refractivity contribution in [1.82, 2.24) is 26.2 Å². The molecule has 226 valence electrons. The number of nitrogens with one attached hydrogen (secondary N) is 4. The molecule has 2 fully saturated rings. The van der Waals surface area contributed by atoms with E-state index < -0.39 is 65.8 Å². The molecule has 0 bridgehead atoms. The Hall–Kier alpha value is -3.18. The SMILES string of the molecule is CCC(C)C1NC(=O)C2CCCN2C(=O)C(C(C)CC)OC(=O)CCNC(=O)C(C)NC(=O)C(C(C)C)NC1=O. The minimum Gasteiger partial charge on any atom is -0.452 e. The van der Waals surface area contributed by atoms with Crippen molar-refractivity contribution in [1.29, 1.82) is 0 Å². The lowest BCUT2D eigenvalue weighted by molar-refractivity contribution is -0.165. The number of nitrogens with zero attached hydrogens (tertiary/aromatic N) is 1. The zero-order valence-electron chi connectivity index (χ0n) is 24.9. The molecular weight excluding hydrogens is 518 g/mol. The smallest absolute Gasteiger partial charge is 0.308 e. The van der Waals surface area contributed by atoms with Gasteiger partial charge in [0.05, 0.1) is 6.42 Å². The first-order valence-electron chi connectivity index (χ1n) is 14.5. The molecule has 0 aromatic rings. The van der Waals surface area contributed by atoms with Gasteiger partial charge in [-0.1, -0.05) is 48.0 Å². The molecule has 2 saturated heterocycles. The lowest BCUT2D eigenvalue weighted by Gasteiger charge is -2.32. The molecule has 12 nitrogen and oxygen atoms in total. The molecular formula is C28H47N5O7. The molecule has 0 saturated carbocycles. The largest absolute Gasteiger partial charge is 0.452 e. The van der Waals surface area contributed by atoms with Gasteiger partial charge >= 0.3 is 5.97 Å². The first-order chi connectivity index (χ1) is 18.8. The van der Waals surface area contributed by atoms with Gasteiger partial charge in [-0.2, -0.15) is 0 Å². The van der Waals surface area contributed by atoms with E-state index >= 15 is 0 Å². The number of esters is 1. The van der Waals surface area contributed by atoms with Crippen LogP contribution in [0.1, 0.15) is 80.6 Å². The van der Waals surface area contributed by atoms with Crippen LogP contribution in [0.4, 0.5) is 0 Å². The number of hydrogen-bond acceptors (Lipinski definition) is 7. The molecule has 2 rings (SSSR count). The second-order valence-corrected chi connectivity index (χ2v) is 11.4. The van der Waals surface area contributed by atoms with E-state index in [1.54, 1.807) is 20.8 Å². The van der Waals surface area contributed by atoms with Gasteiger partial charge in [-0.3, -0.25) is 28.8 Å². The van der Waals surface area contributed by atoms with E-state index in [-0.39, 0.29) is 30.7 Å². The fourth-order valence-electron chi connectivity index (χ4n) is 4.83. The number of cyclic esters (lactones) is 1. The standard InChI is InChI=1S/C28H47N5O7/c1-8-16(5)22-27(38)31-21(15(3)4)26(37)30-18(7)24(35)29-13-12-20(34)40-23(17(6)9-2)28(39)33-14-10-11-19(33)25(36)32-22/h15-19,21-23H,8-14H2,1-7H3,(H,29,35)(H,30,37)(H,31,38)(H,32,36). The summed E-state index contributed by atoms with van der Waals surface area (Å²) in [5.74, 6) is -4.01. The highest BCUT2D eigenvalue weighted by molar-refractivity contribution is 5.96. The van der Waals surface area contributed by atoms with Crippen molar-refractivity contribution in [2.45, 2.75) is 111 Å². The normalized spacial score (nSPS) is 29.6. The second kappa shape index (κ2) is 15.0. The maximum atomic E-state index is 13.6. The van der Waals surface area contributed by atoms with E-state index in [0.29, 0.717) is 32.2 Å². The van der Waals surface area contributed by atoms with Crippen molar-refractivity contribution in [2.24, 2.45) is 17.8 Å². The summed E-state index contributed by atoms with van der Waals surface area (Å²) in [5, 5.41) is 10.8. The minimum absolute atomic E-state index is 0.0467. The average Bonchev–Trinajstić information content (AvgIpc) is 3.41. The highest BCUT2D eigenvalue weighted by Gasteiger charge is 2.42. The zero-order valence-corrected chi connectivity index (χ0v) is 24.9. The van der Waals surface area contributed by atoms with Crippen LogP contribution in [-0.4, -0.2) is 83.8 Å². The van der Waals surface area contributed by atoms with Crippen LogP contribution in [0.5, 0.6) is 0 Å². The van der Waals surface area contributed by atoms with Gasteiger partial charge in [-0.25, -0.2) is 0 Å². The molecule has 0 spiro atoms. The Kier molecular flexibility index (Phi) is 12.4. The summed E-state index contributed by atoms with van der Waals surface area (Å²) in [5.41, 5.74) is 0. The minimum atomic E-state index is -1.08. The predicted octanol–water partition coefficient (Wildman–Crippen LogP) is 0.632. The number of hydrogen-bond donors (Lipinski definition) is 4. The van der Waals surface area contributed by atoms with Gasteiger partial charge in [-0.05, 0) is 38.0 Å². The lowest BCUT2D eigenvalue weighted by atomic mass is 9.95. The van der Waals surface area contributed by atoms with Crippen molar-refractivity contribution in [2.75, 3.05) is 13.1 Å². The maximum Gasteiger partial charge on any atom is 0.308 e. The molecule has 2 aliphatic heterocycles. The Morgan fingerprint density at radius 2 is 1.43 bits per heavy atom. The van der Waals surface area contributed by atoms with E-state index in [1.165, 1.54) is 11.8 Å². The van der Waals surface area contributed by atoms with Crippen LogP contribution in [-0.2, 0) is 33.5 Å². The highest BCUT2D eigenvalue weighted by atomic mass is 16.5. The zero-order chi connectivity index (χ0) is 30.1. The second-order valence-electron chi connectivity index (χ2n) is 11.4. The molecule has 12 heteroatoms. The van der Waals surface area contributed by atoms with E-state index in [0.717, 1.165) is 0 Å². The lowest BCUT2D eigenvalue weighted by Crippen LogP contribution is -2.60. The van der Waals surface area contributed by atoms with Crippen molar-refractivity contribution < 1.29 is 33.5 Å². The Morgan fingerprint density at radius 3 is 2.02 bits per heavy atom. The third kappa shape index (κ3) is 8.41. The van der Waals surface area contributed by atoms with Crippen molar-refractivity contribution in [3.8, 4) is 0 Å². The fourth-order valence-corrected chi connectivity index (χ4v) is 4.83. The molecule has 4 N–H and O–H groups in total. The number of carbonyl (C=O) groups excluding carboxylic acids is 6. The number of ether oxygens (including phenoxy) is 1. The van der Waals surface area contributed by atoms with E-state index in [4.69, 9.17) is 4.74 Å². The summed E-state index contributed by atoms with van der Waals surface area (Å²) in [7, 11) is 0. The Morgan fingerprint density at radius 1 is 0.825 bits per heavy atom. The monoisotopic (exact) mass is 565 g/mol. The van der Waals surface area contributed by atoms with Crippen LogP contribution in [0.25, 0.3) is 0 Å². The predicted molar refractivity (Wildman–Crippen MR) is 147 cm³/mol. The summed E-state index contributed by atoms with van der Waals surface area (Å²) >= 11 is 0. The molecule has 2 aliphatic rings. The van der Waals surface area contributed by atoms with Crippen molar-refractivity contribution in [3.05, 3.63) is 0 Å². The van der Waals surface area contributed by atoms with Crippen LogP contribution >= 0.6 is 0 Å². The number of amides is 5. The van der Waals surface area contributed by atoms with Crippen LogP contribution in [0.15, 0.2) is 0 Å². The number of carbonyl (C=O) groups is 6. The molecule has 0 aliphatic carbocycles. The van der Waals surface area contributed by atoms with Crippen LogP contribution in [0, 0.1) is 17.8 Å². The molecule has 40 heavy (non-hydrogen) atoms. The summed E-state index contributed by atoms with van der Waals surface area (Å²) in [6.07, 6.45) is 0.891. The third-order valence-corrected chi connectivity index (χ3v) is 7.92. The van der Waals surface area contributed by atoms with E-state index in [2.05, 4.69) is 21.3 Å². The molecule has 7 atom stereocenters. The van der Waals surface area contributed by atoms with E-state index in [9.17, 15) is 28.8 Å². The van der Waals surface area contributed by atoms with Gasteiger partial charge in [0.1, 0.15) is 24.2 Å². The first kappa shape index (κ1) is 33.0. The average molecular weight is 566 g/mol. The Labute approximate surface area is 237 Å². The highest BCUT2D eigenvalue weighted by Crippen LogP contribution is 2.24. The number of rotatable bonds is 5. The fraction of sp³-hybridized carbons (Fsp3) is 0.786. The van der Waals surface area contributed by atoms with Gasteiger partial charge in [0.25, 0.3) is 5.91 Å². The summed E-state index contributed by atoms with van der Waals surface area (Å²) < 4.78 is 5.59. The van der Waals surface area contributed by atoms with Gasteiger partial charge in [0.15, 0.2) is 6.10 Å².